The van der Waals surface area contributed by atoms with Gasteiger partial charge in [-0.3, -0.25) is 9.59 Å². The highest BCUT2D eigenvalue weighted by atomic mass is 35.5. The molecule has 26 heavy (non-hydrogen) atoms. The number of aryl methyl sites for hydroxylation is 1. The number of anilines is 2. The van der Waals surface area contributed by atoms with Gasteiger partial charge >= 0.3 is 0 Å². The van der Waals surface area contributed by atoms with Crippen LogP contribution in [0.4, 0.5) is 11.4 Å². The van der Waals surface area contributed by atoms with Crippen molar-refractivity contribution >= 4 is 46.6 Å². The first kappa shape index (κ1) is 18.8. The number of halogens is 1. The maximum atomic E-state index is 12.4. The van der Waals surface area contributed by atoms with E-state index in [1.54, 1.807) is 6.07 Å². The molecule has 0 bridgehead atoms. The third-order valence-electron chi connectivity index (χ3n) is 4.17. The van der Waals surface area contributed by atoms with Crippen molar-refractivity contribution in [2.75, 3.05) is 10.6 Å². The lowest BCUT2D eigenvalue weighted by Crippen LogP contribution is -2.22. The molecule has 2 amide bonds. The Labute approximate surface area is 162 Å². The zero-order valence-electron chi connectivity index (χ0n) is 14.7. The maximum absolute atomic E-state index is 12.4. The number of hydrogen-bond acceptors (Lipinski definition) is 3. The Balaban J connectivity index is 1.59. The molecule has 6 heteroatoms. The van der Waals surface area contributed by atoms with Crippen LogP contribution in [-0.2, 0) is 9.59 Å². The highest BCUT2D eigenvalue weighted by Crippen LogP contribution is 2.31. The second kappa shape index (κ2) is 8.14. The van der Waals surface area contributed by atoms with E-state index in [4.69, 9.17) is 11.6 Å². The molecule has 0 saturated heterocycles. The summed E-state index contributed by atoms with van der Waals surface area (Å²) in [6.07, 6.45) is 1.95. The van der Waals surface area contributed by atoms with Crippen LogP contribution < -0.4 is 10.6 Å². The number of nitrogens with one attached hydrogen (secondary N) is 2. The van der Waals surface area contributed by atoms with Crippen LogP contribution in [-0.4, -0.2) is 17.1 Å². The van der Waals surface area contributed by atoms with Gasteiger partial charge in [-0.2, -0.15) is 0 Å². The average Bonchev–Trinajstić information content (AvgIpc) is 3.43. The Morgan fingerprint density at radius 3 is 2.54 bits per heavy atom. The standard InChI is InChI=1S/C20H21ClN2O2S/c1-12-6-9-16(11-18(12)21)22-19(24)13(2)26-17-5-3-4-15(10-17)23-20(25)14-7-8-14/h3-6,9-11,13-14H,7-8H2,1-2H3,(H,22,24)(H,23,25). The normalized spacial score (nSPS) is 14.6. The van der Waals surface area contributed by atoms with Gasteiger partial charge in [-0.25, -0.2) is 0 Å². The number of rotatable bonds is 6. The quantitative estimate of drug-likeness (QED) is 0.675. The average molecular weight is 389 g/mol. The lowest BCUT2D eigenvalue weighted by molar-refractivity contribution is -0.117. The Bertz CT molecular complexity index is 836. The first-order valence-corrected chi connectivity index (χ1v) is 9.83. The Morgan fingerprint density at radius 2 is 1.85 bits per heavy atom. The van der Waals surface area contributed by atoms with E-state index in [9.17, 15) is 9.59 Å². The first-order chi connectivity index (χ1) is 12.4. The maximum Gasteiger partial charge on any atom is 0.237 e. The van der Waals surface area contributed by atoms with Crippen LogP contribution in [0.25, 0.3) is 0 Å². The van der Waals surface area contributed by atoms with Gasteiger partial charge in [0.05, 0.1) is 5.25 Å². The minimum atomic E-state index is -0.288. The summed E-state index contributed by atoms with van der Waals surface area (Å²) in [5.41, 5.74) is 2.42. The molecule has 3 rings (SSSR count). The molecule has 0 heterocycles. The minimum absolute atomic E-state index is 0.0780. The number of thioether (sulfide) groups is 1. The highest BCUT2D eigenvalue weighted by molar-refractivity contribution is 8.00. The van der Waals surface area contributed by atoms with Crippen LogP contribution in [0.3, 0.4) is 0 Å². The summed E-state index contributed by atoms with van der Waals surface area (Å²) in [6, 6.07) is 13.0. The summed E-state index contributed by atoms with van der Waals surface area (Å²) in [5.74, 6) is 0.147. The van der Waals surface area contributed by atoms with E-state index in [-0.39, 0.29) is 23.0 Å². The largest absolute Gasteiger partial charge is 0.326 e. The van der Waals surface area contributed by atoms with Gasteiger partial charge in [0.25, 0.3) is 0 Å². The van der Waals surface area contributed by atoms with Crippen molar-refractivity contribution in [1.82, 2.24) is 0 Å². The van der Waals surface area contributed by atoms with E-state index in [0.29, 0.717) is 10.7 Å². The highest BCUT2D eigenvalue weighted by Gasteiger charge is 2.29. The van der Waals surface area contributed by atoms with Gasteiger partial charge in [-0.1, -0.05) is 23.7 Å². The lowest BCUT2D eigenvalue weighted by atomic mass is 10.2. The van der Waals surface area contributed by atoms with E-state index in [1.165, 1.54) is 11.8 Å². The van der Waals surface area contributed by atoms with E-state index in [2.05, 4.69) is 10.6 Å². The second-order valence-electron chi connectivity index (χ2n) is 6.50. The summed E-state index contributed by atoms with van der Waals surface area (Å²) >= 11 is 7.55. The Hall–Kier alpha value is -1.98. The molecular weight excluding hydrogens is 368 g/mol. The topological polar surface area (TPSA) is 58.2 Å². The fraction of sp³-hybridized carbons (Fsp3) is 0.300. The molecule has 1 atom stereocenters. The number of benzene rings is 2. The van der Waals surface area contributed by atoms with Crippen molar-refractivity contribution < 1.29 is 9.59 Å². The molecule has 136 valence electrons. The molecule has 1 unspecified atom stereocenters. The molecule has 2 N–H and O–H groups in total. The number of hydrogen-bond donors (Lipinski definition) is 2. The number of amides is 2. The number of carbonyl (C=O) groups is 2. The van der Waals surface area contributed by atoms with Crippen LogP contribution in [0, 0.1) is 12.8 Å². The van der Waals surface area contributed by atoms with Crippen LogP contribution in [0.15, 0.2) is 47.4 Å². The molecule has 2 aromatic rings. The van der Waals surface area contributed by atoms with Crippen molar-refractivity contribution in [3.63, 3.8) is 0 Å². The third-order valence-corrected chi connectivity index (χ3v) is 5.67. The van der Waals surface area contributed by atoms with E-state index < -0.39 is 0 Å². The van der Waals surface area contributed by atoms with E-state index in [1.807, 2.05) is 50.2 Å². The first-order valence-electron chi connectivity index (χ1n) is 8.57. The molecule has 0 radical (unpaired) electrons. The van der Waals surface area contributed by atoms with Crippen molar-refractivity contribution in [2.24, 2.45) is 5.92 Å². The molecule has 0 spiro atoms. The lowest BCUT2D eigenvalue weighted by Gasteiger charge is -2.13. The molecule has 2 aromatic carbocycles. The van der Waals surface area contributed by atoms with Gasteiger partial charge in [0.2, 0.25) is 11.8 Å². The fourth-order valence-electron chi connectivity index (χ4n) is 2.41. The van der Waals surface area contributed by atoms with Gasteiger partial charge in [0.15, 0.2) is 0 Å². The van der Waals surface area contributed by atoms with E-state index in [0.717, 1.165) is 29.0 Å². The predicted molar refractivity (Wildman–Crippen MR) is 108 cm³/mol. The third kappa shape index (κ3) is 5.02. The van der Waals surface area contributed by atoms with Crippen LogP contribution >= 0.6 is 23.4 Å². The molecule has 1 aliphatic carbocycles. The monoisotopic (exact) mass is 388 g/mol. The molecule has 1 fully saturated rings. The van der Waals surface area contributed by atoms with Crippen molar-refractivity contribution in [3.8, 4) is 0 Å². The predicted octanol–water partition coefficient (Wildman–Crippen LogP) is 5.12. The molecule has 4 nitrogen and oxygen atoms in total. The zero-order chi connectivity index (χ0) is 18.7. The molecule has 1 aliphatic rings. The van der Waals surface area contributed by atoms with Gasteiger partial charge in [-0.05, 0) is 62.6 Å². The van der Waals surface area contributed by atoms with Crippen molar-refractivity contribution in [2.45, 2.75) is 36.8 Å². The second-order valence-corrected chi connectivity index (χ2v) is 8.33. The summed E-state index contributed by atoms with van der Waals surface area (Å²) in [5, 5.41) is 6.16. The minimum Gasteiger partial charge on any atom is -0.326 e. The number of carbonyl (C=O) groups excluding carboxylic acids is 2. The molecule has 0 aliphatic heterocycles. The van der Waals surface area contributed by atoms with E-state index >= 15 is 0 Å². The van der Waals surface area contributed by atoms with Gasteiger partial charge in [0.1, 0.15) is 0 Å². The molecule has 1 saturated carbocycles. The smallest absolute Gasteiger partial charge is 0.237 e. The molecule has 0 aromatic heterocycles. The Kier molecular flexibility index (Phi) is 5.89. The zero-order valence-corrected chi connectivity index (χ0v) is 16.3. The van der Waals surface area contributed by atoms with Crippen LogP contribution in [0.5, 0.6) is 0 Å². The van der Waals surface area contributed by atoms with Crippen LogP contribution in [0.1, 0.15) is 25.3 Å². The van der Waals surface area contributed by atoms with Crippen LogP contribution in [0.2, 0.25) is 5.02 Å². The molecular formula is C20H21ClN2O2S. The summed E-state index contributed by atoms with van der Waals surface area (Å²) in [6.45, 7) is 3.77. The van der Waals surface area contributed by atoms with Crippen molar-refractivity contribution in [3.05, 3.63) is 53.1 Å². The van der Waals surface area contributed by atoms with Gasteiger partial charge < -0.3 is 10.6 Å². The SMILES string of the molecule is Cc1ccc(NC(=O)C(C)Sc2cccc(NC(=O)C3CC3)c2)cc1Cl. The van der Waals surface area contributed by atoms with Gasteiger partial charge in [0, 0.05) is 27.2 Å². The summed E-state index contributed by atoms with van der Waals surface area (Å²) < 4.78 is 0. The summed E-state index contributed by atoms with van der Waals surface area (Å²) in [4.78, 5) is 25.2. The van der Waals surface area contributed by atoms with Crippen molar-refractivity contribution in [1.29, 1.82) is 0 Å². The van der Waals surface area contributed by atoms with Gasteiger partial charge in [-0.15, -0.1) is 11.8 Å². The summed E-state index contributed by atoms with van der Waals surface area (Å²) in [7, 11) is 0. The Morgan fingerprint density at radius 1 is 1.12 bits per heavy atom. The fourth-order valence-corrected chi connectivity index (χ4v) is 3.52.